The highest BCUT2D eigenvalue weighted by molar-refractivity contribution is 7.80. The Kier molecular flexibility index (Phi) is 3.77. The molecule has 0 bridgehead atoms. The van der Waals surface area contributed by atoms with E-state index in [1.807, 2.05) is 36.4 Å². The molecule has 0 radical (unpaired) electrons. The molecule has 0 aromatic heterocycles. The first kappa shape index (κ1) is 13.9. The van der Waals surface area contributed by atoms with Crippen molar-refractivity contribution in [3.05, 3.63) is 59.1 Å². The van der Waals surface area contributed by atoms with E-state index in [-0.39, 0.29) is 5.91 Å². The minimum Gasteiger partial charge on any atom is -0.347 e. The van der Waals surface area contributed by atoms with Crippen molar-refractivity contribution >= 4 is 46.2 Å². The van der Waals surface area contributed by atoms with Crippen LogP contribution in [0.2, 0.25) is 5.02 Å². The minimum absolute atomic E-state index is 0.114. The predicted octanol–water partition coefficient (Wildman–Crippen LogP) is 3.32. The average molecular weight is 318 g/mol. The Morgan fingerprint density at radius 1 is 1.14 bits per heavy atom. The van der Waals surface area contributed by atoms with Crippen LogP contribution in [0.1, 0.15) is 11.6 Å². The lowest BCUT2D eigenvalue weighted by atomic mass is 10.1. The number of hydrogen-bond acceptors (Lipinski definition) is 2. The largest absolute Gasteiger partial charge is 0.347 e. The number of carbonyl (C=O) groups excluding carboxylic acids is 1. The second-order valence-corrected chi connectivity index (χ2v) is 5.46. The summed E-state index contributed by atoms with van der Waals surface area (Å²) < 4.78 is 0. The van der Waals surface area contributed by atoms with Crippen molar-refractivity contribution in [1.29, 1.82) is 0 Å². The smallest absolute Gasteiger partial charge is 0.251 e. The fourth-order valence-electron chi connectivity index (χ4n) is 2.18. The maximum Gasteiger partial charge on any atom is 0.251 e. The zero-order valence-electron chi connectivity index (χ0n) is 10.9. The zero-order valence-corrected chi connectivity index (χ0v) is 12.5. The van der Waals surface area contributed by atoms with Crippen LogP contribution in [-0.4, -0.2) is 11.0 Å². The highest BCUT2D eigenvalue weighted by atomic mass is 35.5. The normalized spacial score (nSPS) is 16.0. The van der Waals surface area contributed by atoms with Crippen molar-refractivity contribution < 1.29 is 4.79 Å². The van der Waals surface area contributed by atoms with E-state index < -0.39 is 6.04 Å². The van der Waals surface area contributed by atoms with Crippen LogP contribution in [0.15, 0.2) is 48.5 Å². The van der Waals surface area contributed by atoms with Crippen LogP contribution >= 0.6 is 23.8 Å². The summed E-state index contributed by atoms with van der Waals surface area (Å²) in [5.74, 6) is -0.114. The molecule has 0 spiro atoms. The molecule has 1 heterocycles. The molecule has 2 aromatic carbocycles. The van der Waals surface area contributed by atoms with Crippen LogP contribution in [0.4, 0.5) is 11.4 Å². The summed E-state index contributed by atoms with van der Waals surface area (Å²) in [6.07, 6.45) is 0. The molecule has 1 aliphatic rings. The van der Waals surface area contributed by atoms with E-state index >= 15 is 0 Å². The number of thiocarbonyl (C=S) groups is 1. The number of carbonyl (C=O) groups is 1. The van der Waals surface area contributed by atoms with Crippen LogP contribution in [0.3, 0.4) is 0 Å². The third-order valence-electron chi connectivity index (χ3n) is 3.17. The van der Waals surface area contributed by atoms with Gasteiger partial charge in [-0.2, -0.15) is 0 Å². The van der Waals surface area contributed by atoms with E-state index in [1.54, 1.807) is 12.1 Å². The number of anilines is 2. The van der Waals surface area contributed by atoms with Gasteiger partial charge in [0.15, 0.2) is 5.11 Å². The molecular formula is C15H12ClN3OS. The Morgan fingerprint density at radius 2 is 1.86 bits per heavy atom. The van der Waals surface area contributed by atoms with Gasteiger partial charge in [0.05, 0.1) is 0 Å². The first-order chi connectivity index (χ1) is 10.1. The fraction of sp³-hybridized carbons (Fsp3) is 0.0667. The van der Waals surface area contributed by atoms with E-state index in [1.165, 1.54) is 0 Å². The van der Waals surface area contributed by atoms with Gasteiger partial charge in [-0.15, -0.1) is 0 Å². The quantitative estimate of drug-likeness (QED) is 0.744. The first-order valence-corrected chi connectivity index (χ1v) is 7.15. The number of nitrogens with one attached hydrogen (secondary N) is 3. The summed E-state index contributed by atoms with van der Waals surface area (Å²) in [6, 6.07) is 14.2. The minimum atomic E-state index is -0.478. The number of benzene rings is 2. The standard InChI is InChI=1S/C15H12ClN3OS/c16-9-5-7-10(8-6-9)17-15(21)19-13-11-3-1-2-4-12(11)18-14(13)20/h1-8,13H,(H,18,20)(H2,17,19,21). The number of halogens is 1. The van der Waals surface area contributed by atoms with Gasteiger partial charge in [0.2, 0.25) is 0 Å². The van der Waals surface area contributed by atoms with Gasteiger partial charge in [0, 0.05) is 22.0 Å². The Bertz CT molecular complexity index is 702. The molecule has 1 amide bonds. The summed E-state index contributed by atoms with van der Waals surface area (Å²) in [4.78, 5) is 12.0. The summed E-state index contributed by atoms with van der Waals surface area (Å²) in [7, 11) is 0. The molecule has 21 heavy (non-hydrogen) atoms. The molecule has 6 heteroatoms. The zero-order chi connectivity index (χ0) is 14.8. The summed E-state index contributed by atoms with van der Waals surface area (Å²) in [5.41, 5.74) is 2.51. The Morgan fingerprint density at radius 3 is 2.62 bits per heavy atom. The monoisotopic (exact) mass is 317 g/mol. The average Bonchev–Trinajstić information content (AvgIpc) is 2.78. The maximum absolute atomic E-state index is 12.0. The van der Waals surface area contributed by atoms with E-state index in [0.29, 0.717) is 10.1 Å². The van der Waals surface area contributed by atoms with Gasteiger partial charge in [0.1, 0.15) is 6.04 Å². The molecule has 0 fully saturated rings. The first-order valence-electron chi connectivity index (χ1n) is 6.36. The van der Waals surface area contributed by atoms with Crippen molar-refractivity contribution in [2.24, 2.45) is 0 Å². The van der Waals surface area contributed by atoms with Gasteiger partial charge in [0.25, 0.3) is 5.91 Å². The highest BCUT2D eigenvalue weighted by Crippen LogP contribution is 2.30. The molecular weight excluding hydrogens is 306 g/mol. The SMILES string of the molecule is O=C1Nc2ccccc2C1NC(=S)Nc1ccc(Cl)cc1. The van der Waals surface area contributed by atoms with E-state index in [4.69, 9.17) is 23.8 Å². The number of para-hydroxylation sites is 1. The fourth-order valence-corrected chi connectivity index (χ4v) is 2.55. The molecule has 3 N–H and O–H groups in total. The van der Waals surface area contributed by atoms with E-state index in [9.17, 15) is 4.79 Å². The lowest BCUT2D eigenvalue weighted by Crippen LogP contribution is -2.35. The van der Waals surface area contributed by atoms with Crippen LogP contribution in [0.5, 0.6) is 0 Å². The van der Waals surface area contributed by atoms with Crippen LogP contribution in [0, 0.1) is 0 Å². The van der Waals surface area contributed by atoms with Gasteiger partial charge in [-0.25, -0.2) is 0 Å². The van der Waals surface area contributed by atoms with E-state index in [0.717, 1.165) is 16.9 Å². The molecule has 1 aliphatic heterocycles. The topological polar surface area (TPSA) is 53.2 Å². The molecule has 0 saturated carbocycles. The number of fused-ring (bicyclic) bond motifs is 1. The summed E-state index contributed by atoms with van der Waals surface area (Å²) >= 11 is 11.1. The van der Waals surface area contributed by atoms with Crippen LogP contribution in [-0.2, 0) is 4.79 Å². The van der Waals surface area contributed by atoms with Gasteiger partial charge in [-0.05, 0) is 42.5 Å². The second-order valence-electron chi connectivity index (χ2n) is 4.61. The molecule has 4 nitrogen and oxygen atoms in total. The van der Waals surface area contributed by atoms with Crippen molar-refractivity contribution in [1.82, 2.24) is 5.32 Å². The Balaban J connectivity index is 1.70. The van der Waals surface area contributed by atoms with Crippen molar-refractivity contribution in [3.63, 3.8) is 0 Å². The lowest BCUT2D eigenvalue weighted by molar-refractivity contribution is -0.117. The highest BCUT2D eigenvalue weighted by Gasteiger charge is 2.30. The maximum atomic E-state index is 12.0. The molecule has 0 saturated heterocycles. The molecule has 1 atom stereocenters. The van der Waals surface area contributed by atoms with Gasteiger partial charge in [-0.1, -0.05) is 29.8 Å². The predicted molar refractivity (Wildman–Crippen MR) is 88.6 cm³/mol. The molecule has 3 rings (SSSR count). The Hall–Kier alpha value is -2.11. The molecule has 106 valence electrons. The van der Waals surface area contributed by atoms with Crippen molar-refractivity contribution in [2.45, 2.75) is 6.04 Å². The van der Waals surface area contributed by atoms with Crippen molar-refractivity contribution in [2.75, 3.05) is 10.6 Å². The van der Waals surface area contributed by atoms with Gasteiger partial charge < -0.3 is 16.0 Å². The number of hydrogen-bond donors (Lipinski definition) is 3. The third-order valence-corrected chi connectivity index (χ3v) is 3.64. The van der Waals surface area contributed by atoms with Gasteiger partial charge >= 0.3 is 0 Å². The van der Waals surface area contributed by atoms with Gasteiger partial charge in [-0.3, -0.25) is 4.79 Å². The number of rotatable bonds is 2. The Labute approximate surface area is 132 Å². The van der Waals surface area contributed by atoms with E-state index in [2.05, 4.69) is 16.0 Å². The molecule has 1 unspecified atom stereocenters. The second kappa shape index (κ2) is 5.71. The molecule has 2 aromatic rings. The third kappa shape index (κ3) is 2.99. The van der Waals surface area contributed by atoms with Crippen LogP contribution < -0.4 is 16.0 Å². The van der Waals surface area contributed by atoms with Crippen LogP contribution in [0.25, 0.3) is 0 Å². The lowest BCUT2D eigenvalue weighted by Gasteiger charge is -2.15. The molecule has 0 aliphatic carbocycles. The number of amides is 1. The van der Waals surface area contributed by atoms with Crippen molar-refractivity contribution in [3.8, 4) is 0 Å². The summed E-state index contributed by atoms with van der Waals surface area (Å²) in [6.45, 7) is 0. The summed E-state index contributed by atoms with van der Waals surface area (Å²) in [5, 5.41) is 9.91.